The van der Waals surface area contributed by atoms with Crippen LogP contribution in [0.3, 0.4) is 0 Å². The molecule has 0 N–H and O–H groups in total. The molecule has 0 bridgehead atoms. The quantitative estimate of drug-likeness (QED) is 0.559. The lowest BCUT2D eigenvalue weighted by Gasteiger charge is -2.18. The largest absolute Gasteiger partial charge is 0.354 e. The van der Waals surface area contributed by atoms with Crippen molar-refractivity contribution in [2.75, 3.05) is 11.9 Å². The zero-order valence-corrected chi connectivity index (χ0v) is 14.5. The van der Waals surface area contributed by atoms with Gasteiger partial charge in [0, 0.05) is 13.6 Å². The van der Waals surface area contributed by atoms with Crippen molar-refractivity contribution < 1.29 is 4.39 Å². The van der Waals surface area contributed by atoms with Crippen LogP contribution in [0, 0.1) is 17.1 Å². The van der Waals surface area contributed by atoms with Crippen molar-refractivity contribution in [2.45, 2.75) is 6.54 Å². The van der Waals surface area contributed by atoms with Crippen molar-refractivity contribution in [3.05, 3.63) is 77.6 Å². The Balaban J connectivity index is 1.67. The molecule has 0 fully saturated rings. The normalized spacial score (nSPS) is 10.7. The van der Waals surface area contributed by atoms with Gasteiger partial charge in [-0.05, 0) is 42.0 Å². The summed E-state index contributed by atoms with van der Waals surface area (Å²) >= 11 is 0. The Kier molecular flexibility index (Phi) is 4.22. The number of hydrogen-bond donors (Lipinski definition) is 0. The first-order chi connectivity index (χ1) is 13.2. The lowest BCUT2D eigenvalue weighted by atomic mass is 10.1. The monoisotopic (exact) mass is 358 g/mol. The van der Waals surface area contributed by atoms with Crippen LogP contribution < -0.4 is 4.90 Å². The molecule has 7 heteroatoms. The fraction of sp³-hybridized carbons (Fsp3) is 0.100. The maximum atomic E-state index is 14.1. The van der Waals surface area contributed by atoms with Crippen LogP contribution in [0.15, 0.2) is 60.7 Å². The highest BCUT2D eigenvalue weighted by Crippen LogP contribution is 2.22. The molecule has 0 spiro atoms. The van der Waals surface area contributed by atoms with E-state index in [1.807, 2.05) is 30.1 Å². The van der Waals surface area contributed by atoms with Crippen LogP contribution in [0.2, 0.25) is 0 Å². The molecule has 0 radical (unpaired) electrons. The minimum absolute atomic E-state index is 0.351. The molecule has 132 valence electrons. The molecule has 0 amide bonds. The van der Waals surface area contributed by atoms with E-state index in [2.05, 4.69) is 21.4 Å². The Bertz CT molecular complexity index is 1140. The Hall–Kier alpha value is -3.79. The van der Waals surface area contributed by atoms with E-state index in [0.717, 1.165) is 5.56 Å². The summed E-state index contributed by atoms with van der Waals surface area (Å²) in [5.74, 6) is 0.686. The fourth-order valence-corrected chi connectivity index (χ4v) is 2.83. The third kappa shape index (κ3) is 3.20. The Morgan fingerprint density at radius 3 is 2.56 bits per heavy atom. The molecule has 4 aromatic rings. The molecule has 0 aliphatic rings. The molecular weight excluding hydrogens is 343 g/mol. The molecule has 2 heterocycles. The van der Waals surface area contributed by atoms with Crippen molar-refractivity contribution in [3.63, 3.8) is 0 Å². The highest BCUT2D eigenvalue weighted by molar-refractivity contribution is 5.60. The maximum absolute atomic E-state index is 14.1. The van der Waals surface area contributed by atoms with E-state index in [9.17, 15) is 4.39 Å². The SMILES string of the molecule is CN(Cc1ccc(C#N)cc1)c1ccc2nnc(-c3ccccc3F)n2n1. The summed E-state index contributed by atoms with van der Waals surface area (Å²) in [6, 6.07) is 19.6. The molecule has 0 aliphatic carbocycles. The van der Waals surface area contributed by atoms with Crippen molar-refractivity contribution >= 4 is 11.5 Å². The number of nitriles is 1. The van der Waals surface area contributed by atoms with Crippen LogP contribution in [-0.2, 0) is 6.54 Å². The predicted molar refractivity (Wildman–Crippen MR) is 99.4 cm³/mol. The van der Waals surface area contributed by atoms with Gasteiger partial charge < -0.3 is 4.90 Å². The van der Waals surface area contributed by atoms with E-state index < -0.39 is 0 Å². The van der Waals surface area contributed by atoms with Gasteiger partial charge in [-0.25, -0.2) is 4.39 Å². The molecule has 0 saturated carbocycles. The zero-order valence-electron chi connectivity index (χ0n) is 14.5. The average Bonchev–Trinajstić information content (AvgIpc) is 3.12. The number of benzene rings is 2. The van der Waals surface area contributed by atoms with Gasteiger partial charge in [0.05, 0.1) is 17.2 Å². The second kappa shape index (κ2) is 6.84. The highest BCUT2D eigenvalue weighted by atomic mass is 19.1. The first kappa shape index (κ1) is 16.7. The van der Waals surface area contributed by atoms with Crippen LogP contribution in [0.5, 0.6) is 0 Å². The van der Waals surface area contributed by atoms with Gasteiger partial charge in [0.25, 0.3) is 0 Å². The summed E-state index contributed by atoms with van der Waals surface area (Å²) in [6.45, 7) is 0.612. The van der Waals surface area contributed by atoms with E-state index in [1.54, 1.807) is 40.9 Å². The summed E-state index contributed by atoms with van der Waals surface area (Å²) in [7, 11) is 1.92. The number of anilines is 1. The van der Waals surface area contributed by atoms with Gasteiger partial charge >= 0.3 is 0 Å². The molecule has 6 nitrogen and oxygen atoms in total. The third-order valence-electron chi connectivity index (χ3n) is 4.26. The van der Waals surface area contributed by atoms with Crippen molar-refractivity contribution in [2.24, 2.45) is 0 Å². The third-order valence-corrected chi connectivity index (χ3v) is 4.26. The number of fused-ring (bicyclic) bond motifs is 1. The zero-order chi connectivity index (χ0) is 18.8. The van der Waals surface area contributed by atoms with Gasteiger partial charge in [0.15, 0.2) is 11.5 Å². The van der Waals surface area contributed by atoms with Crippen LogP contribution in [0.25, 0.3) is 17.0 Å². The molecule has 0 atom stereocenters. The minimum Gasteiger partial charge on any atom is -0.354 e. The molecular formula is C20H15FN6. The fourth-order valence-electron chi connectivity index (χ4n) is 2.83. The lowest BCUT2D eigenvalue weighted by Crippen LogP contribution is -2.18. The summed E-state index contributed by atoms with van der Waals surface area (Å²) in [5.41, 5.74) is 2.57. The number of hydrogen-bond acceptors (Lipinski definition) is 5. The van der Waals surface area contributed by atoms with E-state index in [1.165, 1.54) is 6.07 Å². The van der Waals surface area contributed by atoms with Crippen LogP contribution in [0.4, 0.5) is 10.2 Å². The minimum atomic E-state index is -0.370. The molecule has 27 heavy (non-hydrogen) atoms. The van der Waals surface area contributed by atoms with E-state index in [0.29, 0.717) is 35.0 Å². The van der Waals surface area contributed by atoms with Gasteiger partial charge in [-0.2, -0.15) is 9.78 Å². The first-order valence-corrected chi connectivity index (χ1v) is 8.33. The Labute approximate surface area is 155 Å². The predicted octanol–water partition coefficient (Wildman–Crippen LogP) is 3.44. The average molecular weight is 358 g/mol. The van der Waals surface area contributed by atoms with Crippen LogP contribution >= 0.6 is 0 Å². The molecule has 2 aromatic heterocycles. The topological polar surface area (TPSA) is 70.1 Å². The highest BCUT2D eigenvalue weighted by Gasteiger charge is 2.14. The number of halogens is 1. The smallest absolute Gasteiger partial charge is 0.188 e. The Morgan fingerprint density at radius 1 is 1.04 bits per heavy atom. The Morgan fingerprint density at radius 2 is 1.81 bits per heavy atom. The molecule has 2 aromatic carbocycles. The number of nitrogens with zero attached hydrogens (tertiary/aromatic N) is 6. The second-order valence-corrected chi connectivity index (χ2v) is 6.13. The molecule has 0 unspecified atom stereocenters. The summed E-state index contributed by atoms with van der Waals surface area (Å²) < 4.78 is 15.7. The summed E-state index contributed by atoms with van der Waals surface area (Å²) in [5, 5.41) is 21.6. The van der Waals surface area contributed by atoms with Crippen molar-refractivity contribution in [1.29, 1.82) is 5.26 Å². The first-order valence-electron chi connectivity index (χ1n) is 8.33. The lowest BCUT2D eigenvalue weighted by molar-refractivity contribution is 0.629. The van der Waals surface area contributed by atoms with Crippen LogP contribution in [0.1, 0.15) is 11.1 Å². The van der Waals surface area contributed by atoms with Crippen molar-refractivity contribution in [3.8, 4) is 17.5 Å². The number of rotatable bonds is 4. The number of aromatic nitrogens is 4. The summed E-state index contributed by atoms with van der Waals surface area (Å²) in [4.78, 5) is 1.96. The maximum Gasteiger partial charge on any atom is 0.188 e. The molecule has 4 rings (SSSR count). The van der Waals surface area contributed by atoms with Gasteiger partial charge in [0.1, 0.15) is 11.6 Å². The van der Waals surface area contributed by atoms with Gasteiger partial charge in [-0.1, -0.05) is 24.3 Å². The van der Waals surface area contributed by atoms with Crippen molar-refractivity contribution in [1.82, 2.24) is 19.8 Å². The molecule has 0 saturated heterocycles. The van der Waals surface area contributed by atoms with E-state index in [4.69, 9.17) is 5.26 Å². The van der Waals surface area contributed by atoms with Gasteiger partial charge in [-0.3, -0.25) is 0 Å². The molecule has 0 aliphatic heterocycles. The van der Waals surface area contributed by atoms with Crippen LogP contribution in [-0.4, -0.2) is 26.9 Å². The second-order valence-electron chi connectivity index (χ2n) is 6.13. The standard InChI is InChI=1S/C20H15FN6/c1-26(13-15-8-6-14(12-22)7-9-15)19-11-10-18-23-24-20(27(18)25-19)16-4-2-3-5-17(16)21/h2-11H,13H2,1H3. The van der Waals surface area contributed by atoms with E-state index in [-0.39, 0.29) is 5.82 Å². The summed E-state index contributed by atoms with van der Waals surface area (Å²) in [6.07, 6.45) is 0. The van der Waals surface area contributed by atoms with E-state index >= 15 is 0 Å². The van der Waals surface area contributed by atoms with Gasteiger partial charge in [-0.15, -0.1) is 15.3 Å². The van der Waals surface area contributed by atoms with Gasteiger partial charge in [0.2, 0.25) is 0 Å².